The Kier molecular flexibility index (Phi) is 7.94. The van der Waals surface area contributed by atoms with Gasteiger partial charge in [-0.25, -0.2) is 0 Å². The number of benzene rings is 2. The first-order valence-electron chi connectivity index (χ1n) is 13.9. The second kappa shape index (κ2) is 11.5. The molecule has 1 aliphatic carbocycles. The second-order valence-corrected chi connectivity index (χ2v) is 10.8. The molecule has 1 saturated heterocycles. The van der Waals surface area contributed by atoms with Crippen molar-refractivity contribution in [3.63, 3.8) is 0 Å². The van der Waals surface area contributed by atoms with Crippen molar-refractivity contribution in [1.82, 2.24) is 15.2 Å². The molecule has 0 radical (unpaired) electrons. The van der Waals surface area contributed by atoms with E-state index in [0.717, 1.165) is 61.0 Å². The molecule has 2 fully saturated rings. The standard InChI is InChI=1S/C31H40N4O2/c1-23(33-27-22-26(37-2)21-25-15-10-18-32-29(25)27)12-11-19-35-30(36)28(20-24-13-6-5-7-14-24)34-31(35)16-8-3-4-9-17-31/h5-7,10,13-15,18,21-23,28,33-34H,3-4,8-9,11-12,16-17,19-20H2,1-2H3/t23?,28-/m1/s1. The molecule has 2 N–H and O–H groups in total. The van der Waals surface area contributed by atoms with Gasteiger partial charge in [-0.2, -0.15) is 0 Å². The number of amides is 1. The molecule has 2 aromatic carbocycles. The van der Waals surface area contributed by atoms with Gasteiger partial charge in [0, 0.05) is 30.2 Å². The molecule has 6 nitrogen and oxygen atoms in total. The lowest BCUT2D eigenvalue weighted by Gasteiger charge is -2.38. The van der Waals surface area contributed by atoms with Crippen LogP contribution in [-0.4, -0.2) is 47.2 Å². The fourth-order valence-corrected chi connectivity index (χ4v) is 6.19. The summed E-state index contributed by atoms with van der Waals surface area (Å²) in [6.45, 7) is 3.00. The van der Waals surface area contributed by atoms with Crippen LogP contribution in [0.2, 0.25) is 0 Å². The maximum Gasteiger partial charge on any atom is 0.241 e. The van der Waals surface area contributed by atoms with Gasteiger partial charge in [0.2, 0.25) is 5.91 Å². The topological polar surface area (TPSA) is 66.5 Å². The normalized spacial score (nSPS) is 20.2. The average molecular weight is 501 g/mol. The summed E-state index contributed by atoms with van der Waals surface area (Å²) in [4.78, 5) is 20.5. The number of ether oxygens (including phenoxy) is 1. The van der Waals surface area contributed by atoms with E-state index in [0.29, 0.717) is 0 Å². The van der Waals surface area contributed by atoms with Gasteiger partial charge in [0.25, 0.3) is 0 Å². The van der Waals surface area contributed by atoms with Crippen LogP contribution >= 0.6 is 0 Å². The molecule has 37 heavy (non-hydrogen) atoms. The van der Waals surface area contributed by atoms with E-state index < -0.39 is 0 Å². The van der Waals surface area contributed by atoms with E-state index >= 15 is 0 Å². The number of fused-ring (bicyclic) bond motifs is 1. The Morgan fingerprint density at radius 3 is 2.65 bits per heavy atom. The van der Waals surface area contributed by atoms with Gasteiger partial charge in [-0.05, 0) is 69.6 Å². The van der Waals surface area contributed by atoms with Crippen molar-refractivity contribution in [1.29, 1.82) is 0 Å². The third-order valence-corrected chi connectivity index (χ3v) is 8.07. The number of hydrogen-bond acceptors (Lipinski definition) is 5. The zero-order valence-corrected chi connectivity index (χ0v) is 22.2. The van der Waals surface area contributed by atoms with Crippen molar-refractivity contribution < 1.29 is 9.53 Å². The zero-order chi connectivity index (χ0) is 25.7. The molecule has 1 aliphatic heterocycles. The first-order valence-corrected chi connectivity index (χ1v) is 13.9. The van der Waals surface area contributed by atoms with Gasteiger partial charge in [-0.3, -0.25) is 15.1 Å². The molecule has 3 aromatic rings. The number of aromatic nitrogens is 1. The SMILES string of the molecule is COc1cc(NC(C)CCCN2C(=O)[C@@H](Cc3ccccc3)NC23CCCCCC3)c2ncccc2c1. The van der Waals surface area contributed by atoms with Crippen molar-refractivity contribution >= 4 is 22.5 Å². The van der Waals surface area contributed by atoms with Crippen molar-refractivity contribution in [2.24, 2.45) is 0 Å². The highest BCUT2D eigenvalue weighted by atomic mass is 16.5. The van der Waals surface area contributed by atoms with Crippen LogP contribution in [0.5, 0.6) is 5.75 Å². The predicted octanol–water partition coefficient (Wildman–Crippen LogP) is 5.92. The predicted molar refractivity (Wildman–Crippen MR) is 150 cm³/mol. The lowest BCUT2D eigenvalue weighted by atomic mass is 9.99. The van der Waals surface area contributed by atoms with E-state index in [2.05, 4.69) is 57.8 Å². The molecule has 2 atom stereocenters. The highest BCUT2D eigenvalue weighted by Gasteiger charge is 2.49. The van der Waals surface area contributed by atoms with Crippen molar-refractivity contribution in [2.75, 3.05) is 19.0 Å². The first kappa shape index (κ1) is 25.5. The van der Waals surface area contributed by atoms with E-state index in [1.54, 1.807) is 7.11 Å². The van der Waals surface area contributed by atoms with Crippen LogP contribution in [0.1, 0.15) is 63.9 Å². The molecule has 1 unspecified atom stereocenters. The summed E-state index contributed by atoms with van der Waals surface area (Å²) < 4.78 is 5.51. The molecular formula is C31H40N4O2. The number of nitrogens with one attached hydrogen (secondary N) is 2. The summed E-state index contributed by atoms with van der Waals surface area (Å²) in [5, 5.41) is 8.56. The number of carbonyl (C=O) groups excluding carboxylic acids is 1. The van der Waals surface area contributed by atoms with Gasteiger partial charge in [0.1, 0.15) is 5.75 Å². The molecule has 1 aromatic heterocycles. The molecule has 1 saturated carbocycles. The van der Waals surface area contributed by atoms with Gasteiger partial charge in [-0.15, -0.1) is 0 Å². The van der Waals surface area contributed by atoms with Gasteiger partial charge in [0.15, 0.2) is 0 Å². The van der Waals surface area contributed by atoms with Crippen LogP contribution in [0, 0.1) is 0 Å². The summed E-state index contributed by atoms with van der Waals surface area (Å²) in [5.74, 6) is 1.10. The maximum atomic E-state index is 13.7. The number of rotatable bonds is 9. The van der Waals surface area contributed by atoms with E-state index in [9.17, 15) is 4.79 Å². The number of anilines is 1. The number of pyridine rings is 1. The molecule has 2 aliphatic rings. The number of methoxy groups -OCH3 is 1. The lowest BCUT2D eigenvalue weighted by molar-refractivity contribution is -0.132. The van der Waals surface area contributed by atoms with Crippen LogP contribution < -0.4 is 15.4 Å². The highest BCUT2D eigenvalue weighted by Crippen LogP contribution is 2.36. The fraction of sp³-hybridized carbons (Fsp3) is 0.484. The third kappa shape index (κ3) is 5.74. The molecule has 1 amide bonds. The smallest absolute Gasteiger partial charge is 0.241 e. The second-order valence-electron chi connectivity index (χ2n) is 10.8. The molecule has 196 valence electrons. The Bertz CT molecular complexity index is 1190. The minimum atomic E-state index is -0.184. The molecule has 6 heteroatoms. The Morgan fingerprint density at radius 1 is 1.11 bits per heavy atom. The molecule has 2 heterocycles. The molecular weight excluding hydrogens is 460 g/mol. The van der Waals surface area contributed by atoms with E-state index in [1.165, 1.54) is 31.2 Å². The minimum absolute atomic E-state index is 0.134. The van der Waals surface area contributed by atoms with Crippen LogP contribution in [0.15, 0.2) is 60.8 Å². The van der Waals surface area contributed by atoms with Crippen molar-refractivity contribution in [2.45, 2.75) is 82.5 Å². The summed E-state index contributed by atoms with van der Waals surface area (Å²) in [7, 11) is 1.69. The monoisotopic (exact) mass is 500 g/mol. The average Bonchev–Trinajstić information content (AvgIpc) is 3.05. The van der Waals surface area contributed by atoms with Crippen LogP contribution in [0.25, 0.3) is 10.9 Å². The largest absolute Gasteiger partial charge is 0.497 e. The van der Waals surface area contributed by atoms with Crippen LogP contribution in [-0.2, 0) is 11.2 Å². The quantitative estimate of drug-likeness (QED) is 0.382. The summed E-state index contributed by atoms with van der Waals surface area (Å²) in [6, 6.07) is 18.6. The Hall–Kier alpha value is -3.12. The number of carbonyl (C=O) groups is 1. The van der Waals surface area contributed by atoms with Crippen LogP contribution in [0.3, 0.4) is 0 Å². The van der Waals surface area contributed by atoms with Crippen molar-refractivity contribution in [3.05, 3.63) is 66.4 Å². The molecule has 0 bridgehead atoms. The summed E-state index contributed by atoms with van der Waals surface area (Å²) in [5.41, 5.74) is 2.98. The third-order valence-electron chi connectivity index (χ3n) is 8.07. The highest BCUT2D eigenvalue weighted by molar-refractivity contribution is 5.92. The molecule has 1 spiro atoms. The molecule has 5 rings (SSSR count). The van der Waals surface area contributed by atoms with Gasteiger partial charge >= 0.3 is 0 Å². The number of nitrogens with zero attached hydrogens (tertiary/aromatic N) is 2. The summed E-state index contributed by atoms with van der Waals surface area (Å²) in [6.07, 6.45) is 11.5. The van der Waals surface area contributed by atoms with E-state index in [4.69, 9.17) is 4.74 Å². The minimum Gasteiger partial charge on any atom is -0.497 e. The number of hydrogen-bond donors (Lipinski definition) is 2. The fourth-order valence-electron chi connectivity index (χ4n) is 6.19. The van der Waals surface area contributed by atoms with Gasteiger partial charge < -0.3 is 15.0 Å². The summed E-state index contributed by atoms with van der Waals surface area (Å²) >= 11 is 0. The lowest BCUT2D eigenvalue weighted by Crippen LogP contribution is -2.52. The Morgan fingerprint density at radius 2 is 1.89 bits per heavy atom. The van der Waals surface area contributed by atoms with Gasteiger partial charge in [-0.1, -0.05) is 49.2 Å². The first-order chi connectivity index (χ1) is 18.1. The zero-order valence-electron chi connectivity index (χ0n) is 22.2. The van der Waals surface area contributed by atoms with E-state index in [1.807, 2.05) is 30.5 Å². The van der Waals surface area contributed by atoms with E-state index in [-0.39, 0.29) is 23.7 Å². The van der Waals surface area contributed by atoms with Crippen LogP contribution in [0.4, 0.5) is 5.69 Å². The Labute approximate surface area is 220 Å². The van der Waals surface area contributed by atoms with Crippen molar-refractivity contribution in [3.8, 4) is 5.75 Å². The van der Waals surface area contributed by atoms with Gasteiger partial charge in [0.05, 0.1) is 30.0 Å². The Balaban J connectivity index is 1.25. The maximum absolute atomic E-state index is 13.7.